The fraction of sp³-hybridized carbons (Fsp3) is 0.240. The maximum atomic E-state index is 13.5. The molecule has 0 saturated carbocycles. The van der Waals surface area contributed by atoms with Gasteiger partial charge in [0, 0.05) is 0 Å². The summed E-state index contributed by atoms with van der Waals surface area (Å²) in [6, 6.07) is 19.3. The van der Waals surface area contributed by atoms with Crippen LogP contribution in [0.25, 0.3) is 0 Å². The number of nitrogens with one attached hydrogen (secondary N) is 1. The molecule has 1 aliphatic rings. The molecule has 1 amide bonds. The second-order valence-electron chi connectivity index (χ2n) is 8.01. The Morgan fingerprint density at radius 3 is 2.44 bits per heavy atom. The summed E-state index contributed by atoms with van der Waals surface area (Å²) in [4.78, 5) is 13.1. The van der Waals surface area contributed by atoms with Crippen LogP contribution >= 0.6 is 0 Å². The van der Waals surface area contributed by atoms with Crippen molar-refractivity contribution in [2.75, 3.05) is 10.8 Å². The quantitative estimate of drug-likeness (QED) is 0.598. The highest BCUT2D eigenvalue weighted by atomic mass is 32.2. The first-order valence-corrected chi connectivity index (χ1v) is 12.0. The van der Waals surface area contributed by atoms with E-state index in [4.69, 9.17) is 0 Å². The summed E-state index contributed by atoms with van der Waals surface area (Å²) in [6.07, 6.45) is 2.71. The molecule has 0 bridgehead atoms. The van der Waals surface area contributed by atoms with Gasteiger partial charge in [-0.1, -0.05) is 42.0 Å². The molecule has 0 heterocycles. The lowest BCUT2D eigenvalue weighted by Crippen LogP contribution is -2.42. The highest BCUT2D eigenvalue weighted by molar-refractivity contribution is 7.92. The maximum Gasteiger partial charge on any atom is 0.264 e. The smallest absolute Gasteiger partial charge is 0.264 e. The first kappa shape index (κ1) is 22.0. The zero-order valence-electron chi connectivity index (χ0n) is 17.8. The first-order chi connectivity index (χ1) is 15.3. The van der Waals surface area contributed by atoms with Gasteiger partial charge in [0.15, 0.2) is 0 Å². The van der Waals surface area contributed by atoms with Crippen molar-refractivity contribution in [2.45, 2.75) is 37.1 Å². The van der Waals surface area contributed by atoms with Gasteiger partial charge in [0.2, 0.25) is 5.91 Å². The molecule has 3 aromatic carbocycles. The van der Waals surface area contributed by atoms with Crippen LogP contribution in [0.4, 0.5) is 10.1 Å². The van der Waals surface area contributed by atoms with E-state index in [9.17, 15) is 17.6 Å². The number of amides is 1. The SMILES string of the molecule is Cc1ccc(S(=O)(=O)N(CC(=O)N[C@@H]2CCCc3ccccc32)c2ccc(F)cc2)cc1. The van der Waals surface area contributed by atoms with Crippen LogP contribution in [0.15, 0.2) is 77.7 Å². The lowest BCUT2D eigenvalue weighted by Gasteiger charge is -2.28. The van der Waals surface area contributed by atoms with Crippen LogP contribution < -0.4 is 9.62 Å². The van der Waals surface area contributed by atoms with Crippen molar-refractivity contribution in [2.24, 2.45) is 0 Å². The molecule has 32 heavy (non-hydrogen) atoms. The number of nitrogens with zero attached hydrogens (tertiary/aromatic N) is 1. The monoisotopic (exact) mass is 452 g/mol. The van der Waals surface area contributed by atoms with Crippen molar-refractivity contribution < 1.29 is 17.6 Å². The number of hydrogen-bond acceptors (Lipinski definition) is 3. The van der Waals surface area contributed by atoms with E-state index in [1.54, 1.807) is 12.1 Å². The van der Waals surface area contributed by atoms with E-state index < -0.39 is 28.3 Å². The van der Waals surface area contributed by atoms with Crippen molar-refractivity contribution in [3.05, 3.63) is 95.3 Å². The number of fused-ring (bicyclic) bond motifs is 1. The lowest BCUT2D eigenvalue weighted by atomic mass is 9.88. The van der Waals surface area contributed by atoms with Crippen LogP contribution in [-0.2, 0) is 21.2 Å². The summed E-state index contributed by atoms with van der Waals surface area (Å²) < 4.78 is 41.3. The Balaban J connectivity index is 1.62. The zero-order valence-corrected chi connectivity index (χ0v) is 18.6. The third kappa shape index (κ3) is 4.67. The molecule has 166 valence electrons. The van der Waals surface area contributed by atoms with Crippen molar-refractivity contribution >= 4 is 21.6 Å². The highest BCUT2D eigenvalue weighted by Gasteiger charge is 2.29. The molecule has 0 aliphatic heterocycles. The fourth-order valence-electron chi connectivity index (χ4n) is 4.03. The van der Waals surface area contributed by atoms with Crippen molar-refractivity contribution in [1.82, 2.24) is 5.32 Å². The van der Waals surface area contributed by atoms with Gasteiger partial charge < -0.3 is 5.32 Å². The molecule has 0 saturated heterocycles. The second-order valence-corrected chi connectivity index (χ2v) is 9.87. The number of halogens is 1. The average Bonchev–Trinajstić information content (AvgIpc) is 2.79. The van der Waals surface area contributed by atoms with Gasteiger partial charge in [-0.05, 0) is 73.7 Å². The number of sulfonamides is 1. The van der Waals surface area contributed by atoms with Gasteiger partial charge in [-0.15, -0.1) is 0 Å². The molecule has 0 unspecified atom stereocenters. The Kier molecular flexibility index (Phi) is 6.28. The van der Waals surface area contributed by atoms with Crippen LogP contribution in [0.3, 0.4) is 0 Å². The molecular formula is C25H25FN2O3S. The zero-order chi connectivity index (χ0) is 22.7. The molecule has 5 nitrogen and oxygen atoms in total. The van der Waals surface area contributed by atoms with Gasteiger partial charge in [0.1, 0.15) is 12.4 Å². The molecule has 7 heteroatoms. The van der Waals surface area contributed by atoms with Crippen LogP contribution in [0, 0.1) is 12.7 Å². The van der Waals surface area contributed by atoms with Gasteiger partial charge in [-0.25, -0.2) is 12.8 Å². The van der Waals surface area contributed by atoms with Gasteiger partial charge >= 0.3 is 0 Å². The number of benzene rings is 3. The lowest BCUT2D eigenvalue weighted by molar-refractivity contribution is -0.120. The van der Waals surface area contributed by atoms with Gasteiger partial charge in [-0.3, -0.25) is 9.10 Å². The Hall–Kier alpha value is -3.19. The highest BCUT2D eigenvalue weighted by Crippen LogP contribution is 2.30. The number of carbonyl (C=O) groups is 1. The molecule has 0 spiro atoms. The van der Waals surface area contributed by atoms with Gasteiger partial charge in [0.05, 0.1) is 16.6 Å². The van der Waals surface area contributed by atoms with Crippen molar-refractivity contribution in [3.8, 4) is 0 Å². The van der Waals surface area contributed by atoms with E-state index in [1.165, 1.54) is 42.0 Å². The summed E-state index contributed by atoms with van der Waals surface area (Å²) in [5, 5.41) is 3.00. The number of hydrogen-bond donors (Lipinski definition) is 1. The third-order valence-electron chi connectivity index (χ3n) is 5.72. The van der Waals surface area contributed by atoms with E-state index in [0.717, 1.165) is 34.7 Å². The van der Waals surface area contributed by atoms with Crippen molar-refractivity contribution in [3.63, 3.8) is 0 Å². The van der Waals surface area contributed by atoms with Gasteiger partial charge in [0.25, 0.3) is 10.0 Å². The topological polar surface area (TPSA) is 66.5 Å². The predicted molar refractivity (Wildman–Crippen MR) is 122 cm³/mol. The summed E-state index contributed by atoms with van der Waals surface area (Å²) in [5.74, 6) is -0.892. The van der Waals surface area contributed by atoms with Crippen molar-refractivity contribution in [1.29, 1.82) is 0 Å². The normalized spacial score (nSPS) is 15.6. The summed E-state index contributed by atoms with van der Waals surface area (Å²) in [5.41, 5.74) is 3.42. The minimum absolute atomic E-state index is 0.0724. The standard InChI is InChI=1S/C25H25FN2O3S/c1-18-9-15-22(16-10-18)32(30,31)28(21-13-11-20(26)12-14-21)17-25(29)27-24-8-4-6-19-5-2-3-7-23(19)24/h2-3,5,7,9-16,24H,4,6,8,17H2,1H3,(H,27,29)/t24-/m1/s1. The van der Waals surface area contributed by atoms with Gasteiger partial charge in [-0.2, -0.15) is 0 Å². The Bertz CT molecular complexity index is 1210. The van der Waals surface area contributed by atoms with Crippen LogP contribution in [0.2, 0.25) is 0 Å². The van der Waals surface area contributed by atoms with E-state index in [0.29, 0.717) is 0 Å². The third-order valence-corrected chi connectivity index (χ3v) is 7.50. The number of aryl methyl sites for hydroxylation is 2. The molecule has 4 rings (SSSR count). The molecule has 0 radical (unpaired) electrons. The molecule has 1 N–H and O–H groups in total. The van der Waals surface area contributed by atoms with E-state index in [1.807, 2.05) is 25.1 Å². The number of carbonyl (C=O) groups excluding carboxylic acids is 1. The summed E-state index contributed by atoms with van der Waals surface area (Å²) in [6.45, 7) is 1.46. The minimum atomic E-state index is -4.03. The second kappa shape index (κ2) is 9.12. The number of anilines is 1. The molecule has 0 aromatic heterocycles. The Morgan fingerprint density at radius 1 is 1.03 bits per heavy atom. The van der Waals surface area contributed by atoms with Crippen LogP contribution in [0.5, 0.6) is 0 Å². The van der Waals surface area contributed by atoms with Crippen LogP contribution in [-0.4, -0.2) is 20.9 Å². The minimum Gasteiger partial charge on any atom is -0.348 e. The van der Waals surface area contributed by atoms with Crippen LogP contribution in [0.1, 0.15) is 35.6 Å². The Morgan fingerprint density at radius 2 is 1.72 bits per heavy atom. The fourth-order valence-corrected chi connectivity index (χ4v) is 5.46. The summed E-state index contributed by atoms with van der Waals surface area (Å²) in [7, 11) is -4.03. The number of rotatable bonds is 6. The average molecular weight is 453 g/mol. The predicted octanol–water partition coefficient (Wildman–Crippen LogP) is 4.52. The molecule has 3 aromatic rings. The van der Waals surface area contributed by atoms with E-state index >= 15 is 0 Å². The molecule has 0 fully saturated rings. The first-order valence-electron chi connectivity index (χ1n) is 10.6. The molecule has 1 atom stereocenters. The molecule has 1 aliphatic carbocycles. The largest absolute Gasteiger partial charge is 0.348 e. The Labute approximate surface area is 187 Å². The van der Waals surface area contributed by atoms with E-state index in [-0.39, 0.29) is 16.6 Å². The molecular weight excluding hydrogens is 427 g/mol. The van der Waals surface area contributed by atoms with E-state index in [2.05, 4.69) is 11.4 Å². The maximum absolute atomic E-state index is 13.5. The summed E-state index contributed by atoms with van der Waals surface area (Å²) >= 11 is 0.